The maximum Gasteiger partial charge on any atom is 0.460 e. The molecule has 1 aliphatic rings. The Labute approximate surface area is 133 Å². The summed E-state index contributed by atoms with van der Waals surface area (Å²) in [7, 11) is 0. The van der Waals surface area contributed by atoms with E-state index in [-0.39, 0.29) is 0 Å². The Morgan fingerprint density at radius 1 is 0.920 bits per heavy atom. The second kappa shape index (κ2) is 5.26. The van der Waals surface area contributed by atoms with Crippen molar-refractivity contribution < 1.29 is 54.2 Å². The average molecular weight is 382 g/mol. The van der Waals surface area contributed by atoms with Crippen molar-refractivity contribution in [3.63, 3.8) is 0 Å². The minimum absolute atomic E-state index is 0.436. The summed E-state index contributed by atoms with van der Waals surface area (Å²) in [4.78, 5) is 11.7. The third-order valence-corrected chi connectivity index (χ3v) is 3.50. The number of aliphatic hydroxyl groups is 1. The highest BCUT2D eigenvalue weighted by molar-refractivity contribution is 6.00. The van der Waals surface area contributed by atoms with Gasteiger partial charge in [-0.1, -0.05) is 12.1 Å². The minimum Gasteiger partial charge on any atom is -0.454 e. The molecule has 1 atom stereocenters. The van der Waals surface area contributed by atoms with Crippen molar-refractivity contribution in [3.05, 3.63) is 29.8 Å². The number of ether oxygens (including phenoxy) is 1. The maximum atomic E-state index is 13.9. The van der Waals surface area contributed by atoms with Crippen LogP contribution in [0.2, 0.25) is 0 Å². The van der Waals surface area contributed by atoms with E-state index in [1.165, 1.54) is 6.07 Å². The van der Waals surface area contributed by atoms with Gasteiger partial charge < -0.3 is 9.84 Å². The lowest BCUT2D eigenvalue weighted by Crippen LogP contribution is -2.71. The zero-order valence-electron chi connectivity index (χ0n) is 11.7. The molecule has 140 valence electrons. The van der Waals surface area contributed by atoms with Gasteiger partial charge in [0, 0.05) is 0 Å². The van der Waals surface area contributed by atoms with Crippen molar-refractivity contribution in [2.75, 3.05) is 0 Å². The SMILES string of the molecule is O=C1CC(O)(C(F)(F)C(F)(F)C(F)(F)C(F)(F)F)Oc2ccccc21. The van der Waals surface area contributed by atoms with Crippen LogP contribution in [-0.2, 0) is 0 Å². The lowest BCUT2D eigenvalue weighted by Gasteiger charge is -2.43. The Kier molecular flexibility index (Phi) is 4.07. The summed E-state index contributed by atoms with van der Waals surface area (Å²) in [6, 6.07) is 4.05. The number of carbonyl (C=O) groups excluding carboxylic acids is 1. The number of hydrogen-bond acceptors (Lipinski definition) is 3. The molecule has 0 aromatic heterocycles. The van der Waals surface area contributed by atoms with Gasteiger partial charge in [-0.15, -0.1) is 0 Å². The lowest BCUT2D eigenvalue weighted by molar-refractivity contribution is -0.435. The number of rotatable bonds is 3. The van der Waals surface area contributed by atoms with Crippen molar-refractivity contribution in [1.29, 1.82) is 0 Å². The molecule has 3 nitrogen and oxygen atoms in total. The zero-order chi connectivity index (χ0) is 19.5. The molecule has 12 heteroatoms. The monoisotopic (exact) mass is 382 g/mol. The fraction of sp³-hybridized carbons (Fsp3) is 0.462. The number of benzene rings is 1. The van der Waals surface area contributed by atoms with Gasteiger partial charge in [0.2, 0.25) is 0 Å². The summed E-state index contributed by atoms with van der Waals surface area (Å²) in [6.07, 6.45) is -9.01. The Morgan fingerprint density at radius 2 is 1.44 bits per heavy atom. The molecule has 0 aliphatic carbocycles. The number of fused-ring (bicyclic) bond motifs is 1. The van der Waals surface area contributed by atoms with E-state index in [9.17, 15) is 49.4 Å². The highest BCUT2D eigenvalue weighted by atomic mass is 19.4. The van der Waals surface area contributed by atoms with Gasteiger partial charge in [0.25, 0.3) is 5.79 Å². The van der Waals surface area contributed by atoms with Gasteiger partial charge in [-0.25, -0.2) is 0 Å². The molecule has 0 saturated heterocycles. The van der Waals surface area contributed by atoms with Crippen LogP contribution in [0.4, 0.5) is 39.5 Å². The Morgan fingerprint density at radius 3 is 1.96 bits per heavy atom. The molecule has 1 heterocycles. The molecular formula is C13H7F9O3. The molecule has 1 aromatic carbocycles. The summed E-state index contributed by atoms with van der Waals surface area (Å²) in [6.45, 7) is 0. The summed E-state index contributed by atoms with van der Waals surface area (Å²) >= 11 is 0. The van der Waals surface area contributed by atoms with Crippen LogP contribution in [0, 0.1) is 0 Å². The molecule has 25 heavy (non-hydrogen) atoms. The number of Topliss-reactive ketones (excluding diaryl/α,β-unsaturated/α-hetero) is 1. The predicted octanol–water partition coefficient (Wildman–Crippen LogP) is 3.81. The molecule has 2 rings (SSSR count). The molecule has 1 aromatic rings. The van der Waals surface area contributed by atoms with E-state index in [1.54, 1.807) is 0 Å². The van der Waals surface area contributed by atoms with E-state index in [1.807, 2.05) is 0 Å². The van der Waals surface area contributed by atoms with Gasteiger partial charge in [0.15, 0.2) is 5.78 Å². The topological polar surface area (TPSA) is 46.5 Å². The van der Waals surface area contributed by atoms with Crippen LogP contribution in [0.25, 0.3) is 0 Å². The van der Waals surface area contributed by atoms with Crippen molar-refractivity contribution in [1.82, 2.24) is 0 Å². The standard InChI is InChI=1S/C13H7F9O3/c14-10(15,11(16,17)12(18,19)13(20,21)22)9(24)5-7(23)6-3-1-2-4-8(6)25-9/h1-4,24H,5H2. The molecule has 0 spiro atoms. The van der Waals surface area contributed by atoms with E-state index in [4.69, 9.17) is 0 Å². The van der Waals surface area contributed by atoms with Crippen molar-refractivity contribution in [3.8, 4) is 5.75 Å². The number of alkyl halides is 9. The lowest BCUT2D eigenvalue weighted by atomic mass is 9.88. The third-order valence-electron chi connectivity index (χ3n) is 3.50. The number of halogens is 9. The van der Waals surface area contributed by atoms with Crippen LogP contribution >= 0.6 is 0 Å². The zero-order valence-corrected chi connectivity index (χ0v) is 11.7. The fourth-order valence-corrected chi connectivity index (χ4v) is 2.11. The van der Waals surface area contributed by atoms with E-state index in [2.05, 4.69) is 4.74 Å². The number of para-hydroxylation sites is 1. The quantitative estimate of drug-likeness (QED) is 0.809. The molecule has 1 N–H and O–H groups in total. The summed E-state index contributed by atoms with van der Waals surface area (Å²) in [5, 5.41) is 9.61. The molecule has 0 fully saturated rings. The van der Waals surface area contributed by atoms with Gasteiger partial charge in [-0.05, 0) is 12.1 Å². The van der Waals surface area contributed by atoms with Crippen LogP contribution < -0.4 is 4.74 Å². The van der Waals surface area contributed by atoms with Gasteiger partial charge in [0.1, 0.15) is 5.75 Å². The summed E-state index contributed by atoms with van der Waals surface area (Å²) in [5.74, 6) is -27.7. The largest absolute Gasteiger partial charge is 0.460 e. The first-order valence-electron chi connectivity index (χ1n) is 6.32. The number of carbonyl (C=O) groups is 1. The van der Waals surface area contributed by atoms with Gasteiger partial charge in [-0.3, -0.25) is 4.79 Å². The molecular weight excluding hydrogens is 375 g/mol. The second-order valence-corrected chi connectivity index (χ2v) is 5.20. The number of hydrogen-bond donors (Lipinski definition) is 1. The smallest absolute Gasteiger partial charge is 0.454 e. The van der Waals surface area contributed by atoms with E-state index in [0.29, 0.717) is 0 Å². The highest BCUT2D eigenvalue weighted by Crippen LogP contribution is 2.57. The second-order valence-electron chi connectivity index (χ2n) is 5.20. The Balaban J connectivity index is 2.54. The third kappa shape index (κ3) is 2.53. The molecule has 0 saturated carbocycles. The first kappa shape index (κ1) is 19.3. The van der Waals surface area contributed by atoms with Crippen LogP contribution in [0.5, 0.6) is 5.75 Å². The number of ketones is 1. The van der Waals surface area contributed by atoms with Gasteiger partial charge in [0.05, 0.1) is 12.0 Å². The van der Waals surface area contributed by atoms with Crippen molar-refractivity contribution in [2.24, 2.45) is 0 Å². The molecule has 0 bridgehead atoms. The van der Waals surface area contributed by atoms with E-state index >= 15 is 0 Å². The van der Waals surface area contributed by atoms with Gasteiger partial charge >= 0.3 is 23.9 Å². The molecule has 1 unspecified atom stereocenters. The maximum absolute atomic E-state index is 13.9. The van der Waals surface area contributed by atoms with Crippen LogP contribution in [0.15, 0.2) is 24.3 Å². The van der Waals surface area contributed by atoms with Crippen LogP contribution in [-0.4, -0.2) is 40.6 Å². The fourth-order valence-electron chi connectivity index (χ4n) is 2.11. The summed E-state index contributed by atoms with van der Waals surface area (Å²) < 4.78 is 121. The van der Waals surface area contributed by atoms with E-state index < -0.39 is 53.2 Å². The molecule has 0 amide bonds. The Hall–Kier alpha value is -1.98. The highest BCUT2D eigenvalue weighted by Gasteiger charge is 2.87. The van der Waals surface area contributed by atoms with Gasteiger partial charge in [-0.2, -0.15) is 39.5 Å². The Bertz CT molecular complexity index is 698. The van der Waals surface area contributed by atoms with Crippen molar-refractivity contribution in [2.45, 2.75) is 36.2 Å². The summed E-state index contributed by atoms with van der Waals surface area (Å²) in [5.41, 5.74) is -0.436. The first-order chi connectivity index (χ1) is 11.1. The minimum atomic E-state index is -7.21. The van der Waals surface area contributed by atoms with Crippen LogP contribution in [0.3, 0.4) is 0 Å². The molecule has 1 aliphatic heterocycles. The first-order valence-corrected chi connectivity index (χ1v) is 6.32. The molecule has 0 radical (unpaired) electrons. The van der Waals surface area contributed by atoms with Crippen LogP contribution in [0.1, 0.15) is 16.8 Å². The van der Waals surface area contributed by atoms with Crippen molar-refractivity contribution >= 4 is 5.78 Å². The average Bonchev–Trinajstić information content (AvgIpc) is 2.45. The normalized spacial score (nSPS) is 22.4. The predicted molar refractivity (Wildman–Crippen MR) is 61.9 cm³/mol. The van der Waals surface area contributed by atoms with E-state index in [0.717, 1.165) is 18.2 Å².